The molecular weight excluding hydrogens is 256 g/mol. The number of hydrogen-bond donors (Lipinski definition) is 1. The fourth-order valence-electron chi connectivity index (χ4n) is 1.41. The Hall–Kier alpha value is -1.42. The molecule has 0 unspecified atom stereocenters. The molecule has 0 saturated heterocycles. The molecule has 0 bridgehead atoms. The Balaban J connectivity index is 2.63. The molecule has 2 aromatic rings. The molecule has 2 rings (SSSR count). The van der Waals surface area contributed by atoms with Crippen LogP contribution in [-0.4, -0.2) is 10.9 Å². The van der Waals surface area contributed by atoms with E-state index < -0.39 is 0 Å². The van der Waals surface area contributed by atoms with Crippen LogP contribution in [0.1, 0.15) is 6.92 Å². The number of benzene rings is 1. The van der Waals surface area contributed by atoms with E-state index in [0.29, 0.717) is 0 Å². The van der Waals surface area contributed by atoms with E-state index in [1.165, 1.54) is 6.92 Å². The van der Waals surface area contributed by atoms with Gasteiger partial charge in [0.2, 0.25) is 5.91 Å². The second-order valence-corrected chi connectivity index (χ2v) is 4.00. The average molecular weight is 265 g/mol. The van der Waals surface area contributed by atoms with Gasteiger partial charge in [0.1, 0.15) is 4.60 Å². The molecule has 1 aromatic carbocycles. The molecule has 0 fully saturated rings. The van der Waals surface area contributed by atoms with E-state index in [9.17, 15) is 4.79 Å². The van der Waals surface area contributed by atoms with Gasteiger partial charge in [-0.1, -0.05) is 18.2 Å². The Labute approximate surface area is 95.6 Å². The van der Waals surface area contributed by atoms with Crippen LogP contribution in [0.5, 0.6) is 0 Å². The quantitative estimate of drug-likeness (QED) is 0.805. The first kappa shape index (κ1) is 10.1. The van der Waals surface area contributed by atoms with Crippen LogP contribution in [0, 0.1) is 0 Å². The SMILES string of the molecule is CC(=O)Nc1cccc2ccc(Br)nc12. The number of halogens is 1. The van der Waals surface area contributed by atoms with E-state index in [-0.39, 0.29) is 5.91 Å². The Morgan fingerprint density at radius 3 is 2.87 bits per heavy atom. The highest BCUT2D eigenvalue weighted by Gasteiger charge is 2.03. The number of fused-ring (bicyclic) bond motifs is 1. The molecular formula is C11H9BrN2O. The summed E-state index contributed by atoms with van der Waals surface area (Å²) in [6.07, 6.45) is 0. The number of anilines is 1. The van der Waals surface area contributed by atoms with Gasteiger partial charge in [-0.2, -0.15) is 0 Å². The monoisotopic (exact) mass is 264 g/mol. The summed E-state index contributed by atoms with van der Waals surface area (Å²) in [5.41, 5.74) is 1.53. The second kappa shape index (κ2) is 3.98. The number of nitrogens with zero attached hydrogens (tertiary/aromatic N) is 1. The Morgan fingerprint density at radius 2 is 2.13 bits per heavy atom. The lowest BCUT2D eigenvalue weighted by Crippen LogP contribution is -2.06. The first-order valence-electron chi connectivity index (χ1n) is 4.50. The molecule has 0 spiro atoms. The van der Waals surface area contributed by atoms with Gasteiger partial charge >= 0.3 is 0 Å². The van der Waals surface area contributed by atoms with Crippen LogP contribution in [0.2, 0.25) is 0 Å². The maximum absolute atomic E-state index is 11.0. The molecule has 76 valence electrons. The van der Waals surface area contributed by atoms with E-state index in [4.69, 9.17) is 0 Å². The number of aromatic nitrogens is 1. The van der Waals surface area contributed by atoms with Crippen molar-refractivity contribution in [3.8, 4) is 0 Å². The lowest BCUT2D eigenvalue weighted by Gasteiger charge is -2.05. The predicted octanol–water partition coefficient (Wildman–Crippen LogP) is 2.96. The highest BCUT2D eigenvalue weighted by Crippen LogP contribution is 2.23. The molecule has 0 saturated carbocycles. The molecule has 0 atom stereocenters. The summed E-state index contributed by atoms with van der Waals surface area (Å²) in [6.45, 7) is 1.48. The zero-order valence-electron chi connectivity index (χ0n) is 8.12. The summed E-state index contributed by atoms with van der Waals surface area (Å²) < 4.78 is 0.757. The van der Waals surface area contributed by atoms with Gasteiger partial charge in [-0.25, -0.2) is 4.98 Å². The van der Waals surface area contributed by atoms with Crippen molar-refractivity contribution in [2.24, 2.45) is 0 Å². The minimum Gasteiger partial charge on any atom is -0.324 e. The van der Waals surface area contributed by atoms with E-state index in [2.05, 4.69) is 26.2 Å². The summed E-state index contributed by atoms with van der Waals surface area (Å²) in [4.78, 5) is 15.3. The first-order valence-corrected chi connectivity index (χ1v) is 5.29. The highest BCUT2D eigenvalue weighted by molar-refractivity contribution is 9.10. The van der Waals surface area contributed by atoms with Gasteiger partial charge in [-0.15, -0.1) is 0 Å². The van der Waals surface area contributed by atoms with Crippen LogP contribution in [-0.2, 0) is 4.79 Å². The van der Waals surface area contributed by atoms with Gasteiger partial charge in [0.15, 0.2) is 0 Å². The average Bonchev–Trinajstić information content (AvgIpc) is 2.18. The van der Waals surface area contributed by atoms with Crippen LogP contribution in [0.4, 0.5) is 5.69 Å². The topological polar surface area (TPSA) is 42.0 Å². The zero-order chi connectivity index (χ0) is 10.8. The number of hydrogen-bond acceptors (Lipinski definition) is 2. The van der Waals surface area contributed by atoms with Crippen molar-refractivity contribution in [3.63, 3.8) is 0 Å². The van der Waals surface area contributed by atoms with Crippen molar-refractivity contribution in [2.75, 3.05) is 5.32 Å². The van der Waals surface area contributed by atoms with Crippen molar-refractivity contribution in [2.45, 2.75) is 6.92 Å². The van der Waals surface area contributed by atoms with Crippen molar-refractivity contribution < 1.29 is 4.79 Å². The lowest BCUT2D eigenvalue weighted by atomic mass is 10.2. The molecule has 1 N–H and O–H groups in total. The molecule has 0 aliphatic rings. The van der Waals surface area contributed by atoms with Crippen LogP contribution in [0.15, 0.2) is 34.9 Å². The Bertz CT molecular complexity index is 525. The van der Waals surface area contributed by atoms with Gasteiger partial charge in [-0.05, 0) is 28.1 Å². The second-order valence-electron chi connectivity index (χ2n) is 3.19. The van der Waals surface area contributed by atoms with E-state index >= 15 is 0 Å². The zero-order valence-corrected chi connectivity index (χ0v) is 9.71. The van der Waals surface area contributed by atoms with Crippen LogP contribution >= 0.6 is 15.9 Å². The third kappa shape index (κ3) is 2.15. The van der Waals surface area contributed by atoms with Gasteiger partial charge in [-0.3, -0.25) is 4.79 Å². The van der Waals surface area contributed by atoms with Crippen LogP contribution in [0.3, 0.4) is 0 Å². The van der Waals surface area contributed by atoms with Gasteiger partial charge < -0.3 is 5.32 Å². The molecule has 0 aliphatic carbocycles. The normalized spacial score (nSPS) is 10.3. The Morgan fingerprint density at radius 1 is 1.33 bits per heavy atom. The predicted molar refractivity (Wildman–Crippen MR) is 63.7 cm³/mol. The summed E-state index contributed by atoms with van der Waals surface area (Å²) in [5.74, 6) is -0.0933. The summed E-state index contributed by atoms with van der Waals surface area (Å²) in [7, 11) is 0. The number of para-hydroxylation sites is 1. The molecule has 1 amide bonds. The van der Waals surface area contributed by atoms with E-state index in [1.807, 2.05) is 30.3 Å². The molecule has 1 heterocycles. The number of nitrogens with one attached hydrogen (secondary N) is 1. The number of rotatable bonds is 1. The van der Waals surface area contributed by atoms with Crippen molar-refractivity contribution in [3.05, 3.63) is 34.9 Å². The number of carbonyl (C=O) groups is 1. The number of carbonyl (C=O) groups excluding carboxylic acids is 1. The first-order chi connectivity index (χ1) is 7.16. The number of amides is 1. The van der Waals surface area contributed by atoms with Gasteiger partial charge in [0.25, 0.3) is 0 Å². The van der Waals surface area contributed by atoms with Gasteiger partial charge in [0.05, 0.1) is 11.2 Å². The van der Waals surface area contributed by atoms with E-state index in [0.717, 1.165) is 21.2 Å². The minimum atomic E-state index is -0.0933. The van der Waals surface area contributed by atoms with Crippen LogP contribution < -0.4 is 5.32 Å². The third-order valence-corrected chi connectivity index (χ3v) is 2.44. The van der Waals surface area contributed by atoms with Gasteiger partial charge in [0, 0.05) is 12.3 Å². The standard InChI is InChI=1S/C11H9BrN2O/c1-7(15)13-9-4-2-3-8-5-6-10(12)14-11(8)9/h2-6H,1H3,(H,13,15). The highest BCUT2D eigenvalue weighted by atomic mass is 79.9. The molecule has 0 aliphatic heterocycles. The number of pyridine rings is 1. The third-order valence-electron chi connectivity index (χ3n) is 2.00. The largest absolute Gasteiger partial charge is 0.324 e. The van der Waals surface area contributed by atoms with E-state index in [1.54, 1.807) is 0 Å². The fraction of sp³-hybridized carbons (Fsp3) is 0.0909. The van der Waals surface area contributed by atoms with Crippen molar-refractivity contribution in [1.29, 1.82) is 0 Å². The minimum absolute atomic E-state index is 0.0933. The molecule has 4 heteroatoms. The fourth-order valence-corrected chi connectivity index (χ4v) is 1.72. The molecule has 3 nitrogen and oxygen atoms in total. The maximum atomic E-state index is 11.0. The maximum Gasteiger partial charge on any atom is 0.221 e. The smallest absolute Gasteiger partial charge is 0.221 e. The van der Waals surface area contributed by atoms with Crippen molar-refractivity contribution >= 4 is 38.4 Å². The summed E-state index contributed by atoms with van der Waals surface area (Å²) >= 11 is 3.31. The van der Waals surface area contributed by atoms with Crippen molar-refractivity contribution in [1.82, 2.24) is 4.98 Å². The Kier molecular flexibility index (Phi) is 2.68. The van der Waals surface area contributed by atoms with Crippen LogP contribution in [0.25, 0.3) is 10.9 Å². The molecule has 0 radical (unpaired) electrons. The molecule has 15 heavy (non-hydrogen) atoms. The molecule has 1 aromatic heterocycles. The lowest BCUT2D eigenvalue weighted by molar-refractivity contribution is -0.114. The summed E-state index contributed by atoms with van der Waals surface area (Å²) in [6, 6.07) is 9.52. The summed E-state index contributed by atoms with van der Waals surface area (Å²) in [5, 5.41) is 3.76.